The summed E-state index contributed by atoms with van der Waals surface area (Å²) < 4.78 is 9.90. The maximum Gasteiger partial charge on any atom is 0.344 e. The van der Waals surface area contributed by atoms with Gasteiger partial charge in [0.15, 0.2) is 6.61 Å². The van der Waals surface area contributed by atoms with Crippen LogP contribution >= 0.6 is 0 Å². The van der Waals surface area contributed by atoms with Crippen LogP contribution in [0.2, 0.25) is 0 Å². The Hall–Kier alpha value is -2.04. The third-order valence-corrected chi connectivity index (χ3v) is 1.73. The Labute approximate surface area is 93.3 Å². The highest BCUT2D eigenvalue weighted by molar-refractivity contribution is 5.79. The van der Waals surface area contributed by atoms with E-state index in [0.717, 1.165) is 0 Å². The van der Waals surface area contributed by atoms with E-state index in [1.165, 1.54) is 6.21 Å². The van der Waals surface area contributed by atoms with Gasteiger partial charge in [0.05, 0.1) is 12.8 Å². The highest BCUT2D eigenvalue weighted by Gasteiger charge is 2.02. The van der Waals surface area contributed by atoms with Gasteiger partial charge in [-0.2, -0.15) is 0 Å². The molecule has 0 atom stereocenters. The van der Waals surface area contributed by atoms with Crippen molar-refractivity contribution in [3.63, 3.8) is 0 Å². The zero-order valence-corrected chi connectivity index (χ0v) is 8.92. The number of hydrogen-bond donors (Lipinski definition) is 1. The first kappa shape index (κ1) is 12.0. The highest BCUT2D eigenvalue weighted by Crippen LogP contribution is 2.11. The van der Waals surface area contributed by atoms with Gasteiger partial charge in [-0.05, 0) is 24.6 Å². The number of esters is 1. The van der Waals surface area contributed by atoms with Crippen LogP contribution in [0.1, 0.15) is 12.5 Å². The van der Waals surface area contributed by atoms with E-state index < -0.39 is 5.97 Å². The topological polar surface area (TPSA) is 68.1 Å². The van der Waals surface area contributed by atoms with Gasteiger partial charge >= 0.3 is 5.97 Å². The summed E-state index contributed by atoms with van der Waals surface area (Å²) in [6.45, 7) is 1.93. The van der Waals surface area contributed by atoms with E-state index in [1.54, 1.807) is 31.2 Å². The Morgan fingerprint density at radius 1 is 1.56 bits per heavy atom. The van der Waals surface area contributed by atoms with Crippen molar-refractivity contribution in [2.45, 2.75) is 6.92 Å². The summed E-state index contributed by atoms with van der Waals surface area (Å²) >= 11 is 0. The predicted octanol–water partition coefficient (Wildman–Crippen LogP) is 1.44. The summed E-state index contributed by atoms with van der Waals surface area (Å²) in [5, 5.41) is 11.3. The van der Waals surface area contributed by atoms with E-state index in [9.17, 15) is 4.79 Å². The molecule has 0 heterocycles. The van der Waals surface area contributed by atoms with Crippen LogP contribution in [-0.4, -0.2) is 30.6 Å². The summed E-state index contributed by atoms with van der Waals surface area (Å²) in [4.78, 5) is 11.0. The monoisotopic (exact) mass is 223 g/mol. The minimum atomic E-state index is -0.413. The second-order valence-corrected chi connectivity index (χ2v) is 2.91. The minimum Gasteiger partial charge on any atom is -0.482 e. The number of hydrogen-bond acceptors (Lipinski definition) is 5. The van der Waals surface area contributed by atoms with Crippen LogP contribution in [0.25, 0.3) is 0 Å². The van der Waals surface area contributed by atoms with Gasteiger partial charge in [-0.3, -0.25) is 0 Å². The molecule has 16 heavy (non-hydrogen) atoms. The number of benzene rings is 1. The normalized spacial score (nSPS) is 10.3. The van der Waals surface area contributed by atoms with Crippen molar-refractivity contribution in [1.29, 1.82) is 0 Å². The molecule has 0 spiro atoms. The second kappa shape index (κ2) is 6.44. The molecule has 1 N–H and O–H groups in total. The van der Waals surface area contributed by atoms with Crippen LogP contribution in [0.15, 0.2) is 29.4 Å². The second-order valence-electron chi connectivity index (χ2n) is 2.91. The van der Waals surface area contributed by atoms with Crippen molar-refractivity contribution >= 4 is 12.2 Å². The molecule has 0 fully saturated rings. The summed E-state index contributed by atoms with van der Waals surface area (Å²) in [6.07, 6.45) is 1.28. The third-order valence-electron chi connectivity index (χ3n) is 1.73. The average molecular weight is 223 g/mol. The standard InChI is InChI=1S/C11H13NO4/c1-2-15-11(13)8-16-10-5-3-4-9(6-10)7-12-14/h3-7,14H,2,8H2,1H3/b12-7-. The molecule has 0 saturated carbocycles. The molecule has 0 aliphatic heterocycles. The highest BCUT2D eigenvalue weighted by atomic mass is 16.6. The Morgan fingerprint density at radius 3 is 3.06 bits per heavy atom. The van der Waals surface area contributed by atoms with Crippen LogP contribution in [0.5, 0.6) is 5.75 Å². The summed E-state index contributed by atoms with van der Waals surface area (Å²) in [5.41, 5.74) is 0.684. The lowest BCUT2D eigenvalue weighted by atomic mass is 10.2. The zero-order valence-electron chi connectivity index (χ0n) is 8.92. The molecule has 0 saturated heterocycles. The first-order valence-corrected chi connectivity index (χ1v) is 4.82. The van der Waals surface area contributed by atoms with Gasteiger partial charge in [0.2, 0.25) is 0 Å². The molecule has 0 unspecified atom stereocenters. The Morgan fingerprint density at radius 2 is 2.38 bits per heavy atom. The molecule has 5 nitrogen and oxygen atoms in total. The quantitative estimate of drug-likeness (QED) is 0.355. The molecule has 0 aliphatic carbocycles. The fourth-order valence-electron chi connectivity index (χ4n) is 1.10. The molecule has 0 radical (unpaired) electrons. The maximum atomic E-state index is 11.0. The molecule has 5 heteroatoms. The number of carbonyl (C=O) groups is 1. The number of ether oxygens (including phenoxy) is 2. The van der Waals surface area contributed by atoms with Gasteiger partial charge in [-0.1, -0.05) is 17.3 Å². The molecular formula is C11H13NO4. The number of rotatable bonds is 5. The molecule has 1 rings (SSSR count). The SMILES string of the molecule is CCOC(=O)COc1cccc(/C=N\O)c1. The molecule has 0 bridgehead atoms. The van der Waals surface area contributed by atoms with Gasteiger partial charge in [-0.25, -0.2) is 4.79 Å². The van der Waals surface area contributed by atoms with E-state index >= 15 is 0 Å². The summed E-state index contributed by atoms with van der Waals surface area (Å²) in [6, 6.07) is 6.83. The lowest BCUT2D eigenvalue weighted by Crippen LogP contribution is -2.14. The molecule has 86 valence electrons. The predicted molar refractivity (Wildman–Crippen MR) is 58.0 cm³/mol. The van der Waals surface area contributed by atoms with Gasteiger partial charge in [0, 0.05) is 0 Å². The lowest BCUT2D eigenvalue weighted by molar-refractivity contribution is -0.145. The Kier molecular flexibility index (Phi) is 4.85. The summed E-state index contributed by atoms with van der Waals surface area (Å²) in [5.74, 6) is 0.106. The smallest absolute Gasteiger partial charge is 0.344 e. The fraction of sp³-hybridized carbons (Fsp3) is 0.273. The minimum absolute atomic E-state index is 0.131. The van der Waals surface area contributed by atoms with E-state index in [1.807, 2.05) is 0 Å². The van der Waals surface area contributed by atoms with Crippen molar-refractivity contribution < 1.29 is 19.5 Å². The molecule has 1 aromatic rings. The van der Waals surface area contributed by atoms with Crippen LogP contribution in [0, 0.1) is 0 Å². The molecule has 1 aromatic carbocycles. The van der Waals surface area contributed by atoms with E-state index in [2.05, 4.69) is 5.16 Å². The number of carbonyl (C=O) groups excluding carboxylic acids is 1. The van der Waals surface area contributed by atoms with E-state index in [4.69, 9.17) is 14.7 Å². The first-order valence-electron chi connectivity index (χ1n) is 4.82. The van der Waals surface area contributed by atoms with Crippen molar-refractivity contribution in [2.24, 2.45) is 5.16 Å². The van der Waals surface area contributed by atoms with Crippen molar-refractivity contribution in [1.82, 2.24) is 0 Å². The van der Waals surface area contributed by atoms with Crippen LogP contribution in [0.4, 0.5) is 0 Å². The van der Waals surface area contributed by atoms with E-state index in [0.29, 0.717) is 17.9 Å². The fourth-order valence-corrected chi connectivity index (χ4v) is 1.10. The number of oxime groups is 1. The van der Waals surface area contributed by atoms with Gasteiger partial charge in [0.25, 0.3) is 0 Å². The lowest BCUT2D eigenvalue weighted by Gasteiger charge is -2.05. The van der Waals surface area contributed by atoms with Gasteiger partial charge in [-0.15, -0.1) is 0 Å². The molecule has 0 aromatic heterocycles. The zero-order chi connectivity index (χ0) is 11.8. The largest absolute Gasteiger partial charge is 0.482 e. The van der Waals surface area contributed by atoms with Crippen LogP contribution in [0.3, 0.4) is 0 Å². The van der Waals surface area contributed by atoms with Crippen molar-refractivity contribution in [3.05, 3.63) is 29.8 Å². The van der Waals surface area contributed by atoms with Crippen LogP contribution in [-0.2, 0) is 9.53 Å². The van der Waals surface area contributed by atoms with E-state index in [-0.39, 0.29) is 6.61 Å². The summed E-state index contributed by atoms with van der Waals surface area (Å²) in [7, 11) is 0. The van der Waals surface area contributed by atoms with Crippen LogP contribution < -0.4 is 4.74 Å². The van der Waals surface area contributed by atoms with Crippen molar-refractivity contribution in [2.75, 3.05) is 13.2 Å². The molecule has 0 aliphatic rings. The molecule has 0 amide bonds. The van der Waals surface area contributed by atoms with Crippen molar-refractivity contribution in [3.8, 4) is 5.75 Å². The third kappa shape index (κ3) is 4.00. The van der Waals surface area contributed by atoms with Gasteiger partial charge < -0.3 is 14.7 Å². The maximum absolute atomic E-state index is 11.0. The first-order chi connectivity index (χ1) is 7.76. The average Bonchev–Trinajstić information content (AvgIpc) is 2.28. The number of nitrogens with zero attached hydrogens (tertiary/aromatic N) is 1. The molecular weight excluding hydrogens is 210 g/mol. The Balaban J connectivity index is 2.53. The Bertz CT molecular complexity index is 376. The van der Waals surface area contributed by atoms with Gasteiger partial charge in [0.1, 0.15) is 5.75 Å².